The van der Waals surface area contributed by atoms with Gasteiger partial charge in [-0.25, -0.2) is 0 Å². The fourth-order valence-corrected chi connectivity index (χ4v) is 3.05. The largest absolute Gasteiger partial charge is 0.496 e. The normalized spacial score (nSPS) is 19.3. The molecule has 0 aliphatic heterocycles. The van der Waals surface area contributed by atoms with Gasteiger partial charge in [-0.1, -0.05) is 15.9 Å². The van der Waals surface area contributed by atoms with Gasteiger partial charge in [0, 0.05) is 21.5 Å². The molecule has 0 radical (unpaired) electrons. The highest BCUT2D eigenvalue weighted by atomic mass is 79.9. The topological polar surface area (TPSA) is 35.2 Å². The molecule has 88 valence electrons. The van der Waals surface area contributed by atoms with Gasteiger partial charge in [0.25, 0.3) is 0 Å². The zero-order valence-corrected chi connectivity index (χ0v) is 11.6. The standard InChI is InChI=1S/C13H18BrNO/c1-8-6-10(14)7-11(12(8)16-3)13(4-5-13)9(2)15/h6-7,9H,4-5,15H2,1-3H3. The van der Waals surface area contributed by atoms with Gasteiger partial charge in [-0.15, -0.1) is 0 Å². The first-order chi connectivity index (χ1) is 7.51. The number of aryl methyl sites for hydroxylation is 1. The lowest BCUT2D eigenvalue weighted by Crippen LogP contribution is -2.32. The Hall–Kier alpha value is -0.540. The average molecular weight is 284 g/mol. The van der Waals surface area contributed by atoms with Crippen LogP contribution in [0.15, 0.2) is 16.6 Å². The number of methoxy groups -OCH3 is 1. The monoisotopic (exact) mass is 283 g/mol. The summed E-state index contributed by atoms with van der Waals surface area (Å²) in [6, 6.07) is 4.41. The summed E-state index contributed by atoms with van der Waals surface area (Å²) in [7, 11) is 1.73. The third kappa shape index (κ3) is 1.76. The van der Waals surface area contributed by atoms with E-state index in [1.165, 1.54) is 11.1 Å². The molecule has 1 saturated carbocycles. The van der Waals surface area contributed by atoms with Crippen LogP contribution in [0.4, 0.5) is 0 Å². The lowest BCUT2D eigenvalue weighted by molar-refractivity contribution is 0.395. The number of halogens is 1. The van der Waals surface area contributed by atoms with E-state index in [4.69, 9.17) is 10.5 Å². The van der Waals surface area contributed by atoms with Crippen LogP contribution >= 0.6 is 15.9 Å². The van der Waals surface area contributed by atoms with Crippen molar-refractivity contribution in [1.82, 2.24) is 0 Å². The molecule has 2 nitrogen and oxygen atoms in total. The van der Waals surface area contributed by atoms with E-state index in [0.29, 0.717) is 0 Å². The molecule has 1 aliphatic rings. The van der Waals surface area contributed by atoms with E-state index in [-0.39, 0.29) is 11.5 Å². The first-order valence-corrected chi connectivity index (χ1v) is 6.41. The molecule has 1 aliphatic carbocycles. The summed E-state index contributed by atoms with van der Waals surface area (Å²) in [5.74, 6) is 0.998. The predicted octanol–water partition coefficient (Wildman–Crippen LogP) is 3.14. The van der Waals surface area contributed by atoms with Crippen molar-refractivity contribution in [3.8, 4) is 5.75 Å². The van der Waals surface area contributed by atoms with E-state index in [1.807, 2.05) is 0 Å². The maximum absolute atomic E-state index is 6.12. The number of hydrogen-bond donors (Lipinski definition) is 1. The molecule has 1 fully saturated rings. The minimum Gasteiger partial charge on any atom is -0.496 e. The van der Waals surface area contributed by atoms with Crippen LogP contribution in [-0.4, -0.2) is 13.2 Å². The van der Waals surface area contributed by atoms with Gasteiger partial charge in [-0.05, 0) is 44.4 Å². The van der Waals surface area contributed by atoms with Crippen LogP contribution in [0.3, 0.4) is 0 Å². The molecule has 3 heteroatoms. The average Bonchev–Trinajstić information content (AvgIpc) is 2.97. The van der Waals surface area contributed by atoms with Crippen LogP contribution in [0.1, 0.15) is 30.9 Å². The minimum absolute atomic E-state index is 0.139. The molecule has 1 unspecified atom stereocenters. The van der Waals surface area contributed by atoms with Gasteiger partial charge in [0.2, 0.25) is 0 Å². The SMILES string of the molecule is COc1c(C)cc(Br)cc1C1(C(C)N)CC1. The lowest BCUT2D eigenvalue weighted by atomic mass is 9.87. The van der Waals surface area contributed by atoms with E-state index in [0.717, 1.165) is 23.1 Å². The van der Waals surface area contributed by atoms with Crippen LogP contribution in [-0.2, 0) is 5.41 Å². The van der Waals surface area contributed by atoms with E-state index >= 15 is 0 Å². The van der Waals surface area contributed by atoms with Crippen molar-refractivity contribution in [1.29, 1.82) is 0 Å². The molecule has 2 N–H and O–H groups in total. The molecular formula is C13H18BrNO. The molecule has 0 aromatic heterocycles. The maximum atomic E-state index is 6.12. The van der Waals surface area contributed by atoms with Gasteiger partial charge in [-0.3, -0.25) is 0 Å². The summed E-state index contributed by atoms with van der Waals surface area (Å²) in [5.41, 5.74) is 8.68. The molecule has 0 amide bonds. The highest BCUT2D eigenvalue weighted by Crippen LogP contribution is 2.54. The molecule has 0 bridgehead atoms. The van der Waals surface area contributed by atoms with E-state index < -0.39 is 0 Å². The molecule has 1 aromatic rings. The van der Waals surface area contributed by atoms with Crippen LogP contribution in [0.25, 0.3) is 0 Å². The zero-order valence-electron chi connectivity index (χ0n) is 10.0. The third-order valence-electron chi connectivity index (χ3n) is 3.64. The van der Waals surface area contributed by atoms with Gasteiger partial charge in [-0.2, -0.15) is 0 Å². The fourth-order valence-electron chi connectivity index (χ4n) is 2.48. The van der Waals surface area contributed by atoms with E-state index in [2.05, 4.69) is 41.9 Å². The summed E-state index contributed by atoms with van der Waals surface area (Å²) in [6.45, 7) is 4.16. The number of rotatable bonds is 3. The van der Waals surface area contributed by atoms with Gasteiger partial charge in [0.1, 0.15) is 5.75 Å². The van der Waals surface area contributed by atoms with Crippen molar-refractivity contribution in [3.05, 3.63) is 27.7 Å². The van der Waals surface area contributed by atoms with Crippen molar-refractivity contribution in [2.45, 2.75) is 38.1 Å². The summed E-state index contributed by atoms with van der Waals surface area (Å²) in [6.07, 6.45) is 2.33. The second-order valence-electron chi connectivity index (χ2n) is 4.75. The number of ether oxygens (including phenoxy) is 1. The minimum atomic E-state index is 0.139. The summed E-state index contributed by atoms with van der Waals surface area (Å²) in [4.78, 5) is 0. The van der Waals surface area contributed by atoms with Crippen molar-refractivity contribution in [2.24, 2.45) is 5.73 Å². The summed E-state index contributed by atoms with van der Waals surface area (Å²) < 4.78 is 6.64. The second kappa shape index (κ2) is 4.04. The Bertz CT molecular complexity index is 411. The van der Waals surface area contributed by atoms with Gasteiger partial charge >= 0.3 is 0 Å². The molecule has 0 saturated heterocycles. The van der Waals surface area contributed by atoms with Crippen molar-refractivity contribution < 1.29 is 4.74 Å². The fraction of sp³-hybridized carbons (Fsp3) is 0.538. The van der Waals surface area contributed by atoms with Crippen LogP contribution in [0.2, 0.25) is 0 Å². The van der Waals surface area contributed by atoms with Crippen molar-refractivity contribution in [2.75, 3.05) is 7.11 Å². The smallest absolute Gasteiger partial charge is 0.125 e. The highest BCUT2D eigenvalue weighted by Gasteiger charge is 2.49. The number of nitrogens with two attached hydrogens (primary N) is 1. The third-order valence-corrected chi connectivity index (χ3v) is 4.10. The molecule has 1 aromatic carbocycles. The Morgan fingerprint density at radius 3 is 2.50 bits per heavy atom. The molecular weight excluding hydrogens is 266 g/mol. The molecule has 16 heavy (non-hydrogen) atoms. The number of benzene rings is 1. The number of hydrogen-bond acceptors (Lipinski definition) is 2. The van der Waals surface area contributed by atoms with Crippen LogP contribution < -0.4 is 10.5 Å². The van der Waals surface area contributed by atoms with E-state index in [9.17, 15) is 0 Å². The Balaban J connectivity index is 2.55. The molecule has 0 heterocycles. The Kier molecular flexibility index (Phi) is 3.01. The van der Waals surface area contributed by atoms with Crippen molar-refractivity contribution in [3.63, 3.8) is 0 Å². The molecule has 0 spiro atoms. The molecule has 2 rings (SSSR count). The maximum Gasteiger partial charge on any atom is 0.125 e. The first-order valence-electron chi connectivity index (χ1n) is 5.61. The summed E-state index contributed by atoms with van der Waals surface area (Å²) >= 11 is 3.55. The van der Waals surface area contributed by atoms with Crippen molar-refractivity contribution >= 4 is 15.9 Å². The Morgan fingerprint density at radius 1 is 1.44 bits per heavy atom. The Morgan fingerprint density at radius 2 is 2.06 bits per heavy atom. The van der Waals surface area contributed by atoms with Gasteiger partial charge in [0.15, 0.2) is 0 Å². The van der Waals surface area contributed by atoms with Gasteiger partial charge in [0.05, 0.1) is 7.11 Å². The quantitative estimate of drug-likeness (QED) is 0.925. The molecule has 1 atom stereocenters. The van der Waals surface area contributed by atoms with Crippen LogP contribution in [0, 0.1) is 6.92 Å². The predicted molar refractivity (Wildman–Crippen MR) is 70.0 cm³/mol. The second-order valence-corrected chi connectivity index (χ2v) is 5.66. The Labute approximate surface area is 105 Å². The van der Waals surface area contributed by atoms with Gasteiger partial charge < -0.3 is 10.5 Å². The summed E-state index contributed by atoms with van der Waals surface area (Å²) in [5, 5.41) is 0. The van der Waals surface area contributed by atoms with Crippen LogP contribution in [0.5, 0.6) is 5.75 Å². The lowest BCUT2D eigenvalue weighted by Gasteiger charge is -2.24. The first kappa shape index (κ1) is 11.9. The highest BCUT2D eigenvalue weighted by molar-refractivity contribution is 9.10. The van der Waals surface area contributed by atoms with E-state index in [1.54, 1.807) is 7.11 Å². The zero-order chi connectivity index (χ0) is 11.9.